The summed E-state index contributed by atoms with van der Waals surface area (Å²) in [5, 5.41) is 13.3. The van der Waals surface area contributed by atoms with Crippen LogP contribution in [0.3, 0.4) is 0 Å². The van der Waals surface area contributed by atoms with E-state index in [0.717, 1.165) is 39.1 Å². The van der Waals surface area contributed by atoms with Gasteiger partial charge in [0.2, 0.25) is 5.91 Å². The molecule has 6 nitrogen and oxygen atoms in total. The Morgan fingerprint density at radius 2 is 1.71 bits per heavy atom. The predicted octanol–water partition coefficient (Wildman–Crippen LogP) is 6.50. The van der Waals surface area contributed by atoms with Crippen LogP contribution in [0.5, 0.6) is 0 Å². The van der Waals surface area contributed by atoms with Crippen molar-refractivity contribution in [3.05, 3.63) is 70.0 Å². The van der Waals surface area contributed by atoms with E-state index in [1.807, 2.05) is 84.9 Å². The van der Waals surface area contributed by atoms with Gasteiger partial charge in [-0.1, -0.05) is 35.9 Å². The number of carbonyl (C=O) groups excluding carboxylic acids is 1. The molecule has 0 spiro atoms. The van der Waals surface area contributed by atoms with Crippen molar-refractivity contribution in [3.8, 4) is 11.1 Å². The first-order valence-electron chi connectivity index (χ1n) is 11.7. The largest absolute Gasteiger partial charge is 0.501 e. The maximum absolute atomic E-state index is 12.7. The summed E-state index contributed by atoms with van der Waals surface area (Å²) in [6.07, 6.45) is 2.75. The number of nitrogens with one attached hydrogen (secondary N) is 1. The van der Waals surface area contributed by atoms with Crippen LogP contribution in [0.1, 0.15) is 68.0 Å². The Morgan fingerprint density at radius 3 is 2.26 bits per heavy atom. The first-order valence-corrected chi connectivity index (χ1v) is 11.7. The Bertz CT molecular complexity index is 1210. The van der Waals surface area contributed by atoms with Gasteiger partial charge in [0, 0.05) is 11.1 Å². The molecule has 3 rings (SSSR count). The second kappa shape index (κ2) is 10.1. The van der Waals surface area contributed by atoms with Crippen molar-refractivity contribution >= 4 is 23.1 Å². The lowest BCUT2D eigenvalue weighted by Gasteiger charge is -2.32. The fourth-order valence-corrected chi connectivity index (χ4v) is 4.46. The number of amides is 1. The van der Waals surface area contributed by atoms with Gasteiger partial charge in [-0.2, -0.15) is 0 Å². The van der Waals surface area contributed by atoms with Crippen LogP contribution in [0, 0.1) is 20.8 Å². The minimum Gasteiger partial charge on any atom is -0.501 e. The molecule has 0 bridgehead atoms. The Kier molecular flexibility index (Phi) is 7.56. The van der Waals surface area contributed by atoms with Crippen molar-refractivity contribution in [2.45, 2.75) is 66.6 Å². The molecule has 2 aromatic carbocycles. The number of carbonyl (C=O) groups is 2. The second-order valence-corrected chi connectivity index (χ2v) is 10.0. The van der Waals surface area contributed by atoms with Gasteiger partial charge in [-0.05, 0) is 82.4 Å². The minimum absolute atomic E-state index is 0.146. The van der Waals surface area contributed by atoms with Crippen LogP contribution in [0.4, 0.5) is 5.69 Å². The van der Waals surface area contributed by atoms with Gasteiger partial charge < -0.3 is 19.9 Å². The predicted molar refractivity (Wildman–Crippen MR) is 139 cm³/mol. The van der Waals surface area contributed by atoms with Crippen molar-refractivity contribution in [1.82, 2.24) is 0 Å². The molecule has 186 valence electrons. The fraction of sp³-hybridized carbons (Fsp3) is 0.379. The van der Waals surface area contributed by atoms with E-state index in [1.165, 1.54) is 0 Å². The van der Waals surface area contributed by atoms with Gasteiger partial charge in [0.05, 0.1) is 30.6 Å². The Labute approximate surface area is 207 Å². The SMILES string of the molecule is CO/C(C)=C/C=C1\CC(=O)Nc2c(C)c([C@H](OC(C)(C)C)C(=O)O)c(-c3ccc(C)cc3)c(C)c21. The summed E-state index contributed by atoms with van der Waals surface area (Å²) in [4.78, 5) is 25.2. The fourth-order valence-electron chi connectivity index (χ4n) is 4.46. The number of hydrogen-bond donors (Lipinski definition) is 2. The maximum atomic E-state index is 12.7. The van der Waals surface area contributed by atoms with Gasteiger partial charge in [0.15, 0.2) is 6.10 Å². The molecule has 0 unspecified atom stereocenters. The van der Waals surface area contributed by atoms with Gasteiger partial charge in [-0.25, -0.2) is 4.79 Å². The highest BCUT2D eigenvalue weighted by Gasteiger charge is 2.35. The van der Waals surface area contributed by atoms with E-state index >= 15 is 0 Å². The number of aliphatic carboxylic acids is 1. The Hall–Kier alpha value is -3.38. The zero-order valence-corrected chi connectivity index (χ0v) is 21.8. The summed E-state index contributed by atoms with van der Waals surface area (Å²) < 4.78 is 11.4. The van der Waals surface area contributed by atoms with Crippen LogP contribution in [0.2, 0.25) is 0 Å². The number of anilines is 1. The van der Waals surface area contributed by atoms with Crippen molar-refractivity contribution < 1.29 is 24.2 Å². The number of benzene rings is 2. The summed E-state index contributed by atoms with van der Waals surface area (Å²) in [7, 11) is 1.60. The average molecular weight is 478 g/mol. The van der Waals surface area contributed by atoms with Crippen molar-refractivity contribution in [2.24, 2.45) is 0 Å². The summed E-state index contributed by atoms with van der Waals surface area (Å²) >= 11 is 0. The molecule has 1 aliphatic heterocycles. The summed E-state index contributed by atoms with van der Waals surface area (Å²) in [6, 6.07) is 8.03. The number of carboxylic acids is 1. The van der Waals surface area contributed by atoms with Gasteiger partial charge in [-0.15, -0.1) is 0 Å². The van der Waals surface area contributed by atoms with E-state index in [2.05, 4.69) is 5.32 Å². The molecule has 2 N–H and O–H groups in total. The van der Waals surface area contributed by atoms with Gasteiger partial charge >= 0.3 is 5.97 Å². The van der Waals surface area contributed by atoms with E-state index < -0.39 is 17.7 Å². The highest BCUT2D eigenvalue weighted by atomic mass is 16.5. The first kappa shape index (κ1) is 26.2. The quantitative estimate of drug-likeness (QED) is 0.464. The Morgan fingerprint density at radius 1 is 1.09 bits per heavy atom. The van der Waals surface area contributed by atoms with Crippen molar-refractivity contribution in [3.63, 3.8) is 0 Å². The number of allylic oxidation sites excluding steroid dienone is 3. The monoisotopic (exact) mass is 477 g/mol. The minimum atomic E-state index is -1.21. The standard InChI is InChI=1S/C29H35NO5/c1-16-9-12-20(13-10-16)23-18(3)24-21(14-11-17(2)34-8)15-22(31)30-26(24)19(4)25(23)27(28(32)33)35-29(5,6)7/h9-14,27H,15H2,1-8H3,(H,30,31)(H,32,33)/b17-11+,21-14+/t27-/m0/s1. The van der Waals surface area contributed by atoms with Crippen LogP contribution >= 0.6 is 0 Å². The number of rotatable bonds is 6. The van der Waals surface area contributed by atoms with Crippen molar-refractivity contribution in [1.29, 1.82) is 0 Å². The third-order valence-electron chi connectivity index (χ3n) is 6.12. The van der Waals surface area contributed by atoms with E-state index in [9.17, 15) is 14.7 Å². The molecule has 0 aliphatic carbocycles. The normalized spacial score (nSPS) is 16.1. The smallest absolute Gasteiger partial charge is 0.337 e. The highest BCUT2D eigenvalue weighted by Crippen LogP contribution is 2.47. The molecule has 0 radical (unpaired) electrons. The average Bonchev–Trinajstić information content (AvgIpc) is 2.77. The number of ether oxygens (including phenoxy) is 2. The van der Waals surface area contributed by atoms with Crippen LogP contribution in [0.25, 0.3) is 16.7 Å². The molecule has 0 saturated carbocycles. The van der Waals surface area contributed by atoms with Gasteiger partial charge in [0.25, 0.3) is 0 Å². The molecule has 0 fully saturated rings. The Balaban J connectivity index is 2.44. The maximum Gasteiger partial charge on any atom is 0.337 e. The molecule has 1 atom stereocenters. The molecular weight excluding hydrogens is 442 g/mol. The van der Waals surface area contributed by atoms with Crippen molar-refractivity contribution in [2.75, 3.05) is 12.4 Å². The molecule has 1 aliphatic rings. The van der Waals surface area contributed by atoms with Crippen LogP contribution < -0.4 is 5.32 Å². The van der Waals surface area contributed by atoms with E-state index in [0.29, 0.717) is 16.8 Å². The topological polar surface area (TPSA) is 84.9 Å². The molecular formula is C29H35NO5. The molecule has 0 aromatic heterocycles. The van der Waals surface area contributed by atoms with E-state index in [4.69, 9.17) is 9.47 Å². The zero-order chi connectivity index (χ0) is 26.1. The molecule has 0 saturated heterocycles. The molecule has 35 heavy (non-hydrogen) atoms. The number of carboxylic acid groups (broad SMARTS) is 1. The molecule has 2 aromatic rings. The van der Waals surface area contributed by atoms with Crippen LogP contribution in [0.15, 0.2) is 42.2 Å². The van der Waals surface area contributed by atoms with Crippen LogP contribution in [-0.2, 0) is 19.1 Å². The summed E-state index contributed by atoms with van der Waals surface area (Å²) in [5.41, 5.74) is 6.64. The molecule has 6 heteroatoms. The highest BCUT2D eigenvalue weighted by molar-refractivity contribution is 6.08. The lowest BCUT2D eigenvalue weighted by Crippen LogP contribution is -2.29. The van der Waals surface area contributed by atoms with Crippen LogP contribution in [-0.4, -0.2) is 29.7 Å². The number of hydrogen-bond acceptors (Lipinski definition) is 4. The van der Waals surface area contributed by atoms with Gasteiger partial charge in [-0.3, -0.25) is 4.79 Å². The lowest BCUT2D eigenvalue weighted by atomic mass is 9.80. The second-order valence-electron chi connectivity index (χ2n) is 10.0. The third kappa shape index (κ3) is 5.65. The van der Waals surface area contributed by atoms with Gasteiger partial charge in [0.1, 0.15) is 0 Å². The van der Waals surface area contributed by atoms with E-state index in [1.54, 1.807) is 7.11 Å². The zero-order valence-electron chi connectivity index (χ0n) is 21.8. The number of fused-ring (bicyclic) bond motifs is 1. The lowest BCUT2D eigenvalue weighted by molar-refractivity contribution is -0.160. The summed E-state index contributed by atoms with van der Waals surface area (Å²) in [5.74, 6) is -0.501. The van der Waals surface area contributed by atoms with E-state index in [-0.39, 0.29) is 12.3 Å². The summed E-state index contributed by atoms with van der Waals surface area (Å²) in [6.45, 7) is 13.2. The number of aryl methyl sites for hydroxylation is 1. The first-order chi connectivity index (χ1) is 16.3. The molecule has 1 amide bonds. The number of methoxy groups -OCH3 is 1. The third-order valence-corrected chi connectivity index (χ3v) is 6.12. The molecule has 1 heterocycles.